The highest BCUT2D eigenvalue weighted by atomic mass is 32.1. The van der Waals surface area contributed by atoms with Gasteiger partial charge in [0.2, 0.25) is 11.8 Å². The molecule has 1 fully saturated rings. The summed E-state index contributed by atoms with van der Waals surface area (Å²) in [6, 6.07) is -0.406. The molecule has 0 bridgehead atoms. The second kappa shape index (κ2) is 7.64. The molecule has 1 N–H and O–H groups in total. The van der Waals surface area contributed by atoms with Gasteiger partial charge < -0.3 is 10.2 Å². The van der Waals surface area contributed by atoms with Crippen LogP contribution in [0.3, 0.4) is 0 Å². The predicted octanol–water partition coefficient (Wildman–Crippen LogP) is 2.99. The van der Waals surface area contributed by atoms with Crippen molar-refractivity contribution in [1.82, 2.24) is 15.2 Å². The molecule has 24 heavy (non-hydrogen) atoms. The number of thiazole rings is 1. The SMILES string of the molecule is CCC(=O)N1CCCCC1C(=O)NC(C)c1nc2c(s1)CCCC2. The Morgan fingerprint density at radius 1 is 1.29 bits per heavy atom. The van der Waals surface area contributed by atoms with Gasteiger partial charge in [0.1, 0.15) is 11.0 Å². The molecule has 2 amide bonds. The Morgan fingerprint density at radius 2 is 2.08 bits per heavy atom. The summed E-state index contributed by atoms with van der Waals surface area (Å²) in [5, 5.41) is 4.10. The first-order valence-corrected chi connectivity index (χ1v) is 10.00. The van der Waals surface area contributed by atoms with Crippen LogP contribution in [0.15, 0.2) is 0 Å². The van der Waals surface area contributed by atoms with E-state index in [-0.39, 0.29) is 23.9 Å². The van der Waals surface area contributed by atoms with Crippen molar-refractivity contribution >= 4 is 23.2 Å². The lowest BCUT2D eigenvalue weighted by Crippen LogP contribution is -2.52. The van der Waals surface area contributed by atoms with E-state index in [1.165, 1.54) is 23.4 Å². The van der Waals surface area contributed by atoms with E-state index in [1.807, 2.05) is 13.8 Å². The zero-order valence-electron chi connectivity index (χ0n) is 14.6. The first kappa shape index (κ1) is 17.4. The number of amides is 2. The molecule has 0 saturated carbocycles. The van der Waals surface area contributed by atoms with Crippen molar-refractivity contribution in [1.29, 1.82) is 0 Å². The molecule has 1 aromatic heterocycles. The van der Waals surface area contributed by atoms with Crippen LogP contribution in [0.1, 0.15) is 74.0 Å². The largest absolute Gasteiger partial charge is 0.345 e. The van der Waals surface area contributed by atoms with Gasteiger partial charge in [0.05, 0.1) is 11.7 Å². The van der Waals surface area contributed by atoms with E-state index in [2.05, 4.69) is 5.32 Å². The zero-order valence-corrected chi connectivity index (χ0v) is 15.5. The highest BCUT2D eigenvalue weighted by Crippen LogP contribution is 2.30. The van der Waals surface area contributed by atoms with Crippen LogP contribution in [0.4, 0.5) is 0 Å². The summed E-state index contributed by atoms with van der Waals surface area (Å²) in [7, 11) is 0. The number of fused-ring (bicyclic) bond motifs is 1. The van der Waals surface area contributed by atoms with E-state index in [0.717, 1.165) is 37.1 Å². The minimum Gasteiger partial charge on any atom is -0.345 e. The van der Waals surface area contributed by atoms with E-state index in [9.17, 15) is 9.59 Å². The summed E-state index contributed by atoms with van der Waals surface area (Å²) in [5.74, 6) is 0.0457. The van der Waals surface area contributed by atoms with Gasteiger partial charge in [-0.3, -0.25) is 9.59 Å². The number of aromatic nitrogens is 1. The van der Waals surface area contributed by atoms with Crippen LogP contribution in [0.25, 0.3) is 0 Å². The molecule has 5 nitrogen and oxygen atoms in total. The predicted molar refractivity (Wildman–Crippen MR) is 95.0 cm³/mol. The summed E-state index contributed by atoms with van der Waals surface area (Å²) in [5.41, 5.74) is 1.22. The Kier molecular flexibility index (Phi) is 5.54. The lowest BCUT2D eigenvalue weighted by Gasteiger charge is -2.35. The van der Waals surface area contributed by atoms with Crippen molar-refractivity contribution in [3.05, 3.63) is 15.6 Å². The number of rotatable bonds is 4. The van der Waals surface area contributed by atoms with Gasteiger partial charge in [0, 0.05) is 17.8 Å². The first-order chi connectivity index (χ1) is 11.6. The van der Waals surface area contributed by atoms with Crippen molar-refractivity contribution in [3.8, 4) is 0 Å². The molecule has 0 radical (unpaired) electrons. The summed E-state index contributed by atoms with van der Waals surface area (Å²) in [4.78, 5) is 32.7. The van der Waals surface area contributed by atoms with Gasteiger partial charge in [0.15, 0.2) is 0 Å². The van der Waals surface area contributed by atoms with Crippen LogP contribution < -0.4 is 5.32 Å². The summed E-state index contributed by atoms with van der Waals surface area (Å²) < 4.78 is 0. The van der Waals surface area contributed by atoms with Crippen LogP contribution in [-0.4, -0.2) is 34.3 Å². The fraction of sp³-hybridized carbons (Fsp3) is 0.722. The van der Waals surface area contributed by atoms with Crippen molar-refractivity contribution in [2.75, 3.05) is 6.54 Å². The third kappa shape index (κ3) is 3.63. The van der Waals surface area contributed by atoms with E-state index in [0.29, 0.717) is 13.0 Å². The number of carbonyl (C=O) groups excluding carboxylic acids is 2. The maximum atomic E-state index is 12.7. The number of piperidine rings is 1. The topological polar surface area (TPSA) is 62.3 Å². The number of hydrogen-bond acceptors (Lipinski definition) is 4. The van der Waals surface area contributed by atoms with Gasteiger partial charge >= 0.3 is 0 Å². The number of likely N-dealkylation sites (tertiary alicyclic amines) is 1. The molecule has 2 atom stereocenters. The highest BCUT2D eigenvalue weighted by Gasteiger charge is 2.32. The molecule has 132 valence electrons. The molecule has 1 saturated heterocycles. The van der Waals surface area contributed by atoms with Gasteiger partial charge in [-0.15, -0.1) is 11.3 Å². The molecule has 3 rings (SSSR count). The van der Waals surface area contributed by atoms with Crippen LogP contribution in [0, 0.1) is 0 Å². The summed E-state index contributed by atoms with van der Waals surface area (Å²) >= 11 is 1.74. The minimum atomic E-state index is -0.316. The standard InChI is InChI=1S/C18H27N3O2S/c1-3-16(22)21-11-7-6-9-14(21)17(23)19-12(2)18-20-13-8-4-5-10-15(13)24-18/h12,14H,3-11H2,1-2H3,(H,19,23). The minimum absolute atomic E-state index is 0.0304. The molecule has 1 aliphatic carbocycles. The van der Waals surface area contributed by atoms with Crippen LogP contribution in [-0.2, 0) is 22.4 Å². The maximum Gasteiger partial charge on any atom is 0.243 e. The van der Waals surface area contributed by atoms with Crippen molar-refractivity contribution in [2.45, 2.75) is 77.3 Å². The van der Waals surface area contributed by atoms with Crippen molar-refractivity contribution < 1.29 is 9.59 Å². The van der Waals surface area contributed by atoms with Gasteiger partial charge in [-0.2, -0.15) is 0 Å². The molecule has 2 aliphatic rings. The average Bonchev–Trinajstić information content (AvgIpc) is 3.05. The zero-order chi connectivity index (χ0) is 17.1. The van der Waals surface area contributed by atoms with E-state index >= 15 is 0 Å². The number of nitrogens with one attached hydrogen (secondary N) is 1. The van der Waals surface area contributed by atoms with Gasteiger partial charge in [-0.1, -0.05) is 6.92 Å². The van der Waals surface area contributed by atoms with E-state index < -0.39 is 0 Å². The number of hydrogen-bond donors (Lipinski definition) is 1. The van der Waals surface area contributed by atoms with Crippen molar-refractivity contribution in [3.63, 3.8) is 0 Å². The van der Waals surface area contributed by atoms with Crippen molar-refractivity contribution in [2.24, 2.45) is 0 Å². The molecular formula is C18H27N3O2S. The lowest BCUT2D eigenvalue weighted by atomic mass is 10.0. The Morgan fingerprint density at radius 3 is 2.83 bits per heavy atom. The third-order valence-electron chi connectivity index (χ3n) is 5.02. The Balaban J connectivity index is 1.66. The number of carbonyl (C=O) groups is 2. The summed E-state index contributed by atoms with van der Waals surface area (Å²) in [6.45, 7) is 4.55. The molecule has 0 spiro atoms. The molecule has 2 unspecified atom stereocenters. The highest BCUT2D eigenvalue weighted by molar-refractivity contribution is 7.11. The average molecular weight is 350 g/mol. The van der Waals surface area contributed by atoms with Gasteiger partial charge in [-0.25, -0.2) is 4.98 Å². The maximum absolute atomic E-state index is 12.7. The fourth-order valence-corrected chi connectivity index (χ4v) is 4.79. The quantitative estimate of drug-likeness (QED) is 0.909. The monoisotopic (exact) mass is 349 g/mol. The molecule has 1 aliphatic heterocycles. The summed E-state index contributed by atoms with van der Waals surface area (Å²) in [6.07, 6.45) is 7.86. The van der Waals surface area contributed by atoms with Crippen LogP contribution in [0.2, 0.25) is 0 Å². The second-order valence-electron chi connectivity index (χ2n) is 6.81. The van der Waals surface area contributed by atoms with E-state index in [1.54, 1.807) is 16.2 Å². The first-order valence-electron chi connectivity index (χ1n) is 9.18. The lowest BCUT2D eigenvalue weighted by molar-refractivity contribution is -0.142. The normalized spacial score (nSPS) is 21.9. The smallest absolute Gasteiger partial charge is 0.243 e. The van der Waals surface area contributed by atoms with Crippen LogP contribution >= 0.6 is 11.3 Å². The number of aryl methyl sites for hydroxylation is 2. The molecular weight excluding hydrogens is 322 g/mol. The van der Waals surface area contributed by atoms with E-state index in [4.69, 9.17) is 4.98 Å². The van der Waals surface area contributed by atoms with Gasteiger partial charge in [-0.05, 0) is 51.9 Å². The van der Waals surface area contributed by atoms with Gasteiger partial charge in [0.25, 0.3) is 0 Å². The Hall–Kier alpha value is -1.43. The molecule has 2 heterocycles. The molecule has 1 aromatic rings. The Labute approximate surface area is 147 Å². The third-order valence-corrected chi connectivity index (χ3v) is 6.36. The number of nitrogens with zero attached hydrogens (tertiary/aromatic N) is 2. The Bertz CT molecular complexity index is 590. The molecule has 6 heteroatoms. The van der Waals surface area contributed by atoms with Crippen LogP contribution in [0.5, 0.6) is 0 Å². The second-order valence-corrected chi connectivity index (χ2v) is 7.93. The molecule has 0 aromatic carbocycles. The fourth-order valence-electron chi connectivity index (χ4n) is 3.63.